The first-order valence-corrected chi connectivity index (χ1v) is 12.2. The summed E-state index contributed by atoms with van der Waals surface area (Å²) in [6.45, 7) is 6.12. The van der Waals surface area contributed by atoms with Gasteiger partial charge in [-0.3, -0.25) is 14.9 Å². The Kier molecular flexibility index (Phi) is 6.57. The zero-order valence-electron chi connectivity index (χ0n) is 20.3. The lowest BCUT2D eigenvalue weighted by Crippen LogP contribution is -2.29. The molecule has 5 rings (SSSR count). The summed E-state index contributed by atoms with van der Waals surface area (Å²) in [7, 11) is 0. The molecule has 1 aliphatic rings. The lowest BCUT2D eigenvalue weighted by atomic mass is 10.0. The second kappa shape index (κ2) is 9.94. The van der Waals surface area contributed by atoms with Gasteiger partial charge in [0.25, 0.3) is 5.91 Å². The van der Waals surface area contributed by atoms with E-state index in [0.717, 1.165) is 37.9 Å². The van der Waals surface area contributed by atoms with E-state index in [1.807, 2.05) is 0 Å². The van der Waals surface area contributed by atoms with Gasteiger partial charge in [-0.15, -0.1) is 0 Å². The fraction of sp³-hybridized carbons (Fsp3) is 0.276. The maximum atomic E-state index is 11.4. The number of amides is 1. The number of hydrogen-bond acceptors (Lipinski definition) is 3. The van der Waals surface area contributed by atoms with Gasteiger partial charge >= 0.3 is 0 Å². The van der Waals surface area contributed by atoms with Crippen LogP contribution in [0.3, 0.4) is 0 Å². The number of H-pyrrole nitrogens is 2. The summed E-state index contributed by atoms with van der Waals surface area (Å²) >= 11 is 0. The summed E-state index contributed by atoms with van der Waals surface area (Å²) in [5.74, 6) is -0.525. The third kappa shape index (κ3) is 4.94. The molecule has 1 amide bonds. The number of aromatic nitrogens is 2. The summed E-state index contributed by atoms with van der Waals surface area (Å²) in [5, 5.41) is 10.0. The minimum atomic E-state index is -0.525. The lowest BCUT2D eigenvalue weighted by Gasteiger charge is -2.29. The molecule has 6 heteroatoms. The molecule has 2 heterocycles. The van der Waals surface area contributed by atoms with Gasteiger partial charge < -0.3 is 9.97 Å². The maximum absolute atomic E-state index is 11.4. The van der Waals surface area contributed by atoms with E-state index in [0.29, 0.717) is 6.04 Å². The van der Waals surface area contributed by atoms with Gasteiger partial charge in [0.2, 0.25) is 0 Å². The molecular weight excluding hydrogens is 436 g/mol. The second-order valence-electron chi connectivity index (χ2n) is 9.50. The Bertz CT molecular complexity index is 1360. The number of fused-ring (bicyclic) bond motifs is 2. The highest BCUT2D eigenvalue weighted by Crippen LogP contribution is 2.37. The van der Waals surface area contributed by atoms with Crippen molar-refractivity contribution in [2.75, 3.05) is 6.54 Å². The first-order chi connectivity index (χ1) is 17.0. The topological polar surface area (TPSA) is 84.2 Å². The Labute approximate surface area is 205 Å². The summed E-state index contributed by atoms with van der Waals surface area (Å²) in [4.78, 5) is 20.9. The summed E-state index contributed by atoms with van der Waals surface area (Å²) in [5.41, 5.74) is 11.6. The molecule has 1 aliphatic carbocycles. The number of hydrogen-bond donors (Lipinski definition) is 4. The normalized spacial score (nSPS) is 15.4. The standard InChI is InChI=1S/C29H32N4O2/c1-19-15-24(31-20(19)2)18-33(14-13-23-17-30-27-6-4-3-5-25(23)27)28-11-9-22-16-21(7-10-26(22)28)8-12-29(34)32-35/h3-8,10,12,15-17,28,30-31,35H,9,11,13-14,18H2,1-2H3,(H,32,34)/b12-8+. The first-order valence-electron chi connectivity index (χ1n) is 12.2. The molecule has 1 atom stereocenters. The summed E-state index contributed by atoms with van der Waals surface area (Å²) in [6.07, 6.45) is 8.30. The summed E-state index contributed by atoms with van der Waals surface area (Å²) < 4.78 is 0. The molecule has 0 saturated carbocycles. The number of hydroxylamine groups is 1. The van der Waals surface area contributed by atoms with Crippen molar-refractivity contribution in [1.82, 2.24) is 20.3 Å². The quantitative estimate of drug-likeness (QED) is 0.159. The van der Waals surface area contributed by atoms with E-state index >= 15 is 0 Å². The molecule has 0 spiro atoms. The minimum absolute atomic E-state index is 0.345. The van der Waals surface area contributed by atoms with Gasteiger partial charge in [-0.05, 0) is 79.1 Å². The molecule has 2 aromatic carbocycles. The van der Waals surface area contributed by atoms with Gasteiger partial charge in [-0.25, -0.2) is 5.48 Å². The maximum Gasteiger partial charge on any atom is 0.267 e. The Morgan fingerprint density at radius 3 is 2.86 bits per heavy atom. The Balaban J connectivity index is 1.40. The molecule has 0 aliphatic heterocycles. The van der Waals surface area contributed by atoms with E-state index in [9.17, 15) is 4.79 Å². The van der Waals surface area contributed by atoms with Gasteiger partial charge in [0, 0.05) is 53.7 Å². The smallest absolute Gasteiger partial charge is 0.267 e. The van der Waals surface area contributed by atoms with Crippen LogP contribution >= 0.6 is 0 Å². The van der Waals surface area contributed by atoms with Crippen molar-refractivity contribution < 1.29 is 10.0 Å². The highest BCUT2D eigenvalue weighted by atomic mass is 16.5. The molecule has 0 saturated heterocycles. The van der Waals surface area contributed by atoms with Crippen LogP contribution < -0.4 is 5.48 Å². The van der Waals surface area contributed by atoms with Crippen LogP contribution in [0.5, 0.6) is 0 Å². The highest BCUT2D eigenvalue weighted by molar-refractivity contribution is 5.90. The zero-order valence-corrected chi connectivity index (χ0v) is 20.3. The zero-order chi connectivity index (χ0) is 24.4. The van der Waals surface area contributed by atoms with Crippen LogP contribution in [0.25, 0.3) is 17.0 Å². The number of carbonyl (C=O) groups is 1. The van der Waals surface area contributed by atoms with Crippen molar-refractivity contribution in [1.29, 1.82) is 0 Å². The largest absolute Gasteiger partial charge is 0.361 e. The van der Waals surface area contributed by atoms with Gasteiger partial charge in [0.15, 0.2) is 0 Å². The van der Waals surface area contributed by atoms with Crippen molar-refractivity contribution in [2.45, 2.75) is 45.7 Å². The Morgan fingerprint density at radius 2 is 2.06 bits per heavy atom. The molecule has 0 fully saturated rings. The monoisotopic (exact) mass is 468 g/mol. The van der Waals surface area contributed by atoms with Crippen LogP contribution in [0.15, 0.2) is 60.8 Å². The Hall–Kier alpha value is -3.61. The van der Waals surface area contributed by atoms with E-state index in [1.165, 1.54) is 50.6 Å². The van der Waals surface area contributed by atoms with Crippen molar-refractivity contribution in [3.63, 3.8) is 0 Å². The molecule has 1 unspecified atom stereocenters. The fourth-order valence-electron chi connectivity index (χ4n) is 5.30. The predicted octanol–water partition coefficient (Wildman–Crippen LogP) is 5.36. The van der Waals surface area contributed by atoms with Gasteiger partial charge in [0.1, 0.15) is 0 Å². The number of carbonyl (C=O) groups excluding carboxylic acids is 1. The number of para-hydroxylation sites is 1. The molecule has 2 aromatic heterocycles. The van der Waals surface area contributed by atoms with Crippen LogP contribution in [-0.4, -0.2) is 32.5 Å². The van der Waals surface area contributed by atoms with Crippen LogP contribution in [-0.2, 0) is 24.2 Å². The molecule has 4 aromatic rings. The number of rotatable bonds is 8. The van der Waals surface area contributed by atoms with Gasteiger partial charge in [-0.1, -0.05) is 36.4 Å². The molecule has 0 bridgehead atoms. The number of nitrogens with zero attached hydrogens (tertiary/aromatic N) is 1. The third-order valence-electron chi connectivity index (χ3n) is 7.24. The summed E-state index contributed by atoms with van der Waals surface area (Å²) in [6, 6.07) is 17.5. The van der Waals surface area contributed by atoms with Crippen molar-refractivity contribution in [2.24, 2.45) is 0 Å². The average Bonchev–Trinajstić information content (AvgIpc) is 3.56. The van der Waals surface area contributed by atoms with E-state index in [-0.39, 0.29) is 0 Å². The average molecular weight is 469 g/mol. The molecule has 0 radical (unpaired) electrons. The van der Waals surface area contributed by atoms with Crippen molar-refractivity contribution in [3.05, 3.63) is 100 Å². The predicted molar refractivity (Wildman–Crippen MR) is 139 cm³/mol. The lowest BCUT2D eigenvalue weighted by molar-refractivity contribution is -0.124. The first kappa shape index (κ1) is 23.1. The number of aromatic amines is 2. The SMILES string of the molecule is Cc1cc(CN(CCc2c[nH]c3ccccc23)C2CCc3cc(/C=C/C(=O)NO)ccc32)[nH]c1C. The van der Waals surface area contributed by atoms with Gasteiger partial charge in [0.05, 0.1) is 0 Å². The molecule has 35 heavy (non-hydrogen) atoms. The molecule has 180 valence electrons. The van der Waals surface area contributed by atoms with E-state index in [2.05, 4.69) is 83.4 Å². The Morgan fingerprint density at radius 1 is 1.20 bits per heavy atom. The highest BCUT2D eigenvalue weighted by Gasteiger charge is 2.28. The number of benzene rings is 2. The van der Waals surface area contributed by atoms with Gasteiger partial charge in [-0.2, -0.15) is 0 Å². The minimum Gasteiger partial charge on any atom is -0.361 e. The second-order valence-corrected chi connectivity index (χ2v) is 9.50. The van der Waals surface area contributed by atoms with Crippen molar-refractivity contribution >= 4 is 22.9 Å². The number of nitrogens with one attached hydrogen (secondary N) is 3. The number of aryl methyl sites for hydroxylation is 3. The van der Waals surface area contributed by atoms with Crippen LogP contribution in [0.4, 0.5) is 0 Å². The van der Waals surface area contributed by atoms with E-state index < -0.39 is 5.91 Å². The molecule has 4 N–H and O–H groups in total. The van der Waals surface area contributed by atoms with Crippen LogP contribution in [0, 0.1) is 13.8 Å². The van der Waals surface area contributed by atoms with Crippen molar-refractivity contribution in [3.8, 4) is 0 Å². The van der Waals surface area contributed by atoms with Crippen LogP contribution in [0.1, 0.15) is 51.7 Å². The molecule has 6 nitrogen and oxygen atoms in total. The van der Waals surface area contributed by atoms with E-state index in [1.54, 1.807) is 11.6 Å². The fourth-order valence-corrected chi connectivity index (χ4v) is 5.30. The molecular formula is C29H32N4O2. The third-order valence-corrected chi connectivity index (χ3v) is 7.24. The van der Waals surface area contributed by atoms with Crippen LogP contribution in [0.2, 0.25) is 0 Å². The van der Waals surface area contributed by atoms with E-state index in [4.69, 9.17) is 5.21 Å².